The van der Waals surface area contributed by atoms with Crippen LogP contribution in [-0.2, 0) is 24.7 Å². The van der Waals surface area contributed by atoms with Gasteiger partial charge in [-0.3, -0.25) is 4.98 Å². The topological polar surface area (TPSA) is 46.5 Å². The number of aromatic nitrogens is 3. The normalized spacial score (nSPS) is 13.0. The van der Waals surface area contributed by atoms with Crippen LogP contribution < -0.4 is 0 Å². The van der Waals surface area contributed by atoms with Crippen LogP contribution in [0.3, 0.4) is 0 Å². The second kappa shape index (κ2) is 12.3. The zero-order chi connectivity index (χ0) is 40.1. The summed E-state index contributed by atoms with van der Waals surface area (Å²) in [6.45, 7) is 0. The Kier molecular flexibility index (Phi) is 7.98. The average molecular weight is 783 g/mol. The fraction of sp³-hybridized carbons (Fsp3) is 0.100. The average Bonchev–Trinajstić information content (AvgIpc) is 3.64. The van der Waals surface area contributed by atoms with Crippen LogP contribution in [0.15, 0.2) is 109 Å². The molecule has 8 aromatic rings. The van der Waals surface area contributed by atoms with Crippen molar-refractivity contribution < 1.29 is 52.7 Å². The number of nitriles is 1. The third kappa shape index (κ3) is 5.94. The van der Waals surface area contributed by atoms with Crippen molar-refractivity contribution >= 4 is 43.6 Å². The fourth-order valence-electron chi connectivity index (χ4n) is 7.04. The van der Waals surface area contributed by atoms with E-state index in [-0.39, 0.29) is 66.1 Å². The molecule has 0 amide bonds. The number of rotatable bonds is 3. The number of benzene rings is 5. The highest BCUT2D eigenvalue weighted by Crippen LogP contribution is 2.44. The molecule has 0 atom stereocenters. The Morgan fingerprint density at radius 1 is 0.446 bits per heavy atom. The van der Waals surface area contributed by atoms with E-state index >= 15 is 0 Å². The summed E-state index contributed by atoms with van der Waals surface area (Å²) in [5, 5.41) is 11.1. The van der Waals surface area contributed by atoms with E-state index in [1.807, 2.05) is 6.07 Å². The monoisotopic (exact) mass is 782 g/mol. The van der Waals surface area contributed by atoms with Crippen LogP contribution in [0.1, 0.15) is 27.8 Å². The minimum absolute atomic E-state index is 0.0560. The third-order valence-corrected chi connectivity index (χ3v) is 9.53. The number of alkyl halides is 12. The van der Waals surface area contributed by atoms with Crippen LogP contribution in [0.2, 0.25) is 0 Å². The molecule has 0 N–H and O–H groups in total. The Labute approximate surface area is 306 Å². The van der Waals surface area contributed by atoms with Crippen LogP contribution in [0.25, 0.3) is 66.1 Å². The number of hydrogen-bond donors (Lipinski definition) is 0. The van der Waals surface area contributed by atoms with Gasteiger partial charge < -0.3 is 9.13 Å². The first kappa shape index (κ1) is 36.5. The maximum atomic E-state index is 14.2. The molecule has 0 radical (unpaired) electrons. The molecule has 8 rings (SSSR count). The van der Waals surface area contributed by atoms with Crippen LogP contribution in [0, 0.1) is 11.3 Å². The van der Waals surface area contributed by atoms with Gasteiger partial charge in [0.2, 0.25) is 0 Å². The van der Waals surface area contributed by atoms with Gasteiger partial charge in [0.05, 0.1) is 55.7 Å². The van der Waals surface area contributed by atoms with Gasteiger partial charge in [0.15, 0.2) is 0 Å². The van der Waals surface area contributed by atoms with Crippen LogP contribution in [0.5, 0.6) is 0 Å². The summed E-state index contributed by atoms with van der Waals surface area (Å²) in [5.41, 5.74) is -6.66. The van der Waals surface area contributed by atoms with Crippen molar-refractivity contribution in [2.24, 2.45) is 0 Å². The van der Waals surface area contributed by atoms with Gasteiger partial charge in [0.25, 0.3) is 0 Å². The highest BCUT2D eigenvalue weighted by atomic mass is 19.4. The summed E-state index contributed by atoms with van der Waals surface area (Å²) in [6, 6.07) is 17.4. The van der Waals surface area contributed by atoms with E-state index in [0.29, 0.717) is 24.3 Å². The second-order valence-electron chi connectivity index (χ2n) is 12.8. The van der Waals surface area contributed by atoms with Crippen molar-refractivity contribution in [2.75, 3.05) is 0 Å². The maximum Gasteiger partial charge on any atom is 0.416 e. The van der Waals surface area contributed by atoms with E-state index in [4.69, 9.17) is 0 Å². The molecule has 282 valence electrons. The smallest absolute Gasteiger partial charge is 0.308 e. The summed E-state index contributed by atoms with van der Waals surface area (Å²) in [4.78, 5) is 4.06. The van der Waals surface area contributed by atoms with Crippen molar-refractivity contribution in [3.8, 4) is 28.6 Å². The first-order chi connectivity index (χ1) is 26.3. The Hall–Kier alpha value is -6.50. The number of pyridine rings is 1. The Bertz CT molecular complexity index is 2610. The van der Waals surface area contributed by atoms with E-state index in [9.17, 15) is 57.9 Å². The molecule has 0 aliphatic carbocycles. The molecular weight excluding hydrogens is 764 g/mol. The van der Waals surface area contributed by atoms with Crippen LogP contribution in [-0.4, -0.2) is 14.1 Å². The lowest BCUT2D eigenvalue weighted by atomic mass is 10.0. The molecule has 0 saturated carbocycles. The molecule has 16 heteroatoms. The highest BCUT2D eigenvalue weighted by molar-refractivity contribution is 6.11. The number of fused-ring (bicyclic) bond motifs is 6. The van der Waals surface area contributed by atoms with E-state index in [1.54, 1.807) is 0 Å². The van der Waals surface area contributed by atoms with Crippen molar-refractivity contribution in [3.63, 3.8) is 0 Å². The van der Waals surface area contributed by atoms with Crippen molar-refractivity contribution in [1.29, 1.82) is 5.26 Å². The van der Waals surface area contributed by atoms with E-state index < -0.39 is 52.5 Å². The fourth-order valence-corrected chi connectivity index (χ4v) is 7.04. The lowest BCUT2D eigenvalue weighted by Crippen LogP contribution is -2.09. The molecule has 0 aliphatic rings. The Morgan fingerprint density at radius 3 is 1.05 bits per heavy atom. The minimum Gasteiger partial charge on any atom is -0.308 e. The molecule has 0 spiro atoms. The van der Waals surface area contributed by atoms with Crippen molar-refractivity contribution in [3.05, 3.63) is 137 Å². The second-order valence-corrected chi connectivity index (χ2v) is 12.8. The molecule has 0 bridgehead atoms. The number of nitrogens with zero attached hydrogens (tertiary/aromatic N) is 4. The van der Waals surface area contributed by atoms with Gasteiger partial charge in [-0.25, -0.2) is 0 Å². The highest BCUT2D eigenvalue weighted by Gasteiger charge is 2.36. The molecule has 56 heavy (non-hydrogen) atoms. The zero-order valence-corrected chi connectivity index (χ0v) is 27.7. The van der Waals surface area contributed by atoms with Gasteiger partial charge in [0, 0.05) is 39.5 Å². The molecule has 4 nitrogen and oxygen atoms in total. The van der Waals surface area contributed by atoms with Gasteiger partial charge in [-0.05, 0) is 72.3 Å². The lowest BCUT2D eigenvalue weighted by Gasteiger charge is -2.19. The lowest BCUT2D eigenvalue weighted by molar-refractivity contribution is -0.138. The van der Waals surface area contributed by atoms with E-state index in [2.05, 4.69) is 4.98 Å². The van der Waals surface area contributed by atoms with E-state index in [0.717, 1.165) is 57.7 Å². The molecule has 5 aromatic carbocycles. The summed E-state index contributed by atoms with van der Waals surface area (Å²) in [6.07, 6.45) is -17.0. The quantitative estimate of drug-likeness (QED) is 0.168. The maximum absolute atomic E-state index is 14.2. The van der Waals surface area contributed by atoms with Crippen molar-refractivity contribution in [2.45, 2.75) is 24.7 Å². The van der Waals surface area contributed by atoms with Gasteiger partial charge in [-0.2, -0.15) is 57.9 Å². The van der Waals surface area contributed by atoms with Crippen LogP contribution >= 0.6 is 0 Å². The van der Waals surface area contributed by atoms with Gasteiger partial charge in [0.1, 0.15) is 11.6 Å². The molecular formula is C40H18F12N4. The molecule has 3 heterocycles. The SMILES string of the molecule is N#Cc1c(-n2c3cc(C(F)(F)F)ccc3c3ccc(C(F)(F)F)cc32)cc(-c2cccnc2)cc1-n1c2cc(C(F)(F)F)ccc2c2ccc(C(F)(F)F)cc21. The first-order valence-corrected chi connectivity index (χ1v) is 16.2. The number of halogens is 12. The zero-order valence-electron chi connectivity index (χ0n) is 27.7. The summed E-state index contributed by atoms with van der Waals surface area (Å²) < 4.78 is 172. The molecule has 0 unspecified atom stereocenters. The largest absolute Gasteiger partial charge is 0.416 e. The summed E-state index contributed by atoms with van der Waals surface area (Å²) >= 11 is 0. The van der Waals surface area contributed by atoms with Gasteiger partial charge in [-0.15, -0.1) is 0 Å². The Morgan fingerprint density at radius 2 is 0.786 bits per heavy atom. The van der Waals surface area contributed by atoms with E-state index in [1.165, 1.54) is 36.7 Å². The summed E-state index contributed by atoms with van der Waals surface area (Å²) in [7, 11) is 0. The van der Waals surface area contributed by atoms with Gasteiger partial charge in [-0.1, -0.05) is 30.3 Å². The molecule has 0 saturated heterocycles. The number of hydrogen-bond acceptors (Lipinski definition) is 2. The van der Waals surface area contributed by atoms with Gasteiger partial charge >= 0.3 is 24.7 Å². The predicted octanol–water partition coefficient (Wildman–Crippen LogP) is 12.9. The summed E-state index contributed by atoms with van der Waals surface area (Å²) in [5.74, 6) is 0. The third-order valence-electron chi connectivity index (χ3n) is 9.53. The predicted molar refractivity (Wildman–Crippen MR) is 183 cm³/mol. The molecule has 0 fully saturated rings. The standard InChI is InChI=1S/C40H18F12N4/c41-37(42,43)22-3-7-26-27-8-4-23(38(44,45)46)15-34(27)55(33(26)14-22)31-12-21(20-2-1-11-54-19-20)13-32(30(31)18-53)56-35-16-24(39(47,48)49)5-9-28(35)29-10-6-25(17-36(29)56)40(50,51)52/h1-17,19H. The molecule has 3 aromatic heterocycles. The Balaban J connectivity index is 1.60. The van der Waals surface area contributed by atoms with Crippen molar-refractivity contribution in [1.82, 2.24) is 14.1 Å². The first-order valence-electron chi connectivity index (χ1n) is 16.2. The van der Waals surface area contributed by atoms with Crippen LogP contribution in [0.4, 0.5) is 52.7 Å². The molecule has 0 aliphatic heterocycles. The minimum atomic E-state index is -4.93.